The lowest BCUT2D eigenvalue weighted by Crippen LogP contribution is -2.63. The minimum absolute atomic E-state index is 0.0267. The zero-order chi connectivity index (χ0) is 27.7. The number of rotatable bonds is 5. The third-order valence-corrected chi connectivity index (χ3v) is 13.3. The summed E-state index contributed by atoms with van der Waals surface area (Å²) in [6, 6.07) is 0. The number of hydrogen-bond donors (Lipinski definition) is 1. The number of ketones is 1. The standard InChI is InChI=1S/C34H52O4/c1-8-38-29(37)12-11-28(36)34-19-13-22(21(2)3)30(34)23-9-10-26-32(6,24(23)14-20-34)17-15-25-31(4,5)27(35)16-18-33(25,26)7/h11-12,22-27,30,35H,2,8-10,13-20H2,1,3-7H3/b12-11+/t22-,23?,24?,25?,26?,27-,30?,32-,33-,34+/m0/s1. The predicted molar refractivity (Wildman–Crippen MR) is 151 cm³/mol. The lowest BCUT2D eigenvalue weighted by molar-refractivity contribution is -0.215. The van der Waals surface area contributed by atoms with Gasteiger partial charge in [-0.1, -0.05) is 39.8 Å². The van der Waals surface area contributed by atoms with Gasteiger partial charge in [-0.05, 0) is 136 Å². The van der Waals surface area contributed by atoms with Gasteiger partial charge in [0.1, 0.15) is 0 Å². The number of esters is 1. The Morgan fingerprint density at radius 2 is 1.58 bits per heavy atom. The Bertz CT molecular complexity index is 1010. The van der Waals surface area contributed by atoms with E-state index in [1.807, 2.05) is 0 Å². The van der Waals surface area contributed by atoms with E-state index in [2.05, 4.69) is 41.2 Å². The molecule has 5 aliphatic rings. The normalized spacial score (nSPS) is 47.4. The van der Waals surface area contributed by atoms with Gasteiger partial charge < -0.3 is 9.84 Å². The van der Waals surface area contributed by atoms with Gasteiger partial charge in [-0.3, -0.25) is 4.79 Å². The molecular weight excluding hydrogens is 472 g/mol. The fraction of sp³-hybridized carbons (Fsp3) is 0.824. The monoisotopic (exact) mass is 524 g/mol. The average Bonchev–Trinajstić information content (AvgIpc) is 3.27. The molecular formula is C34H52O4. The summed E-state index contributed by atoms with van der Waals surface area (Å²) in [6.07, 6.45) is 13.6. The molecule has 4 heteroatoms. The summed E-state index contributed by atoms with van der Waals surface area (Å²) in [5.41, 5.74) is 1.39. The van der Waals surface area contributed by atoms with Crippen LogP contribution in [0, 0.1) is 57.2 Å². The van der Waals surface area contributed by atoms with Crippen molar-refractivity contribution >= 4 is 11.8 Å². The Hall–Kier alpha value is -1.42. The number of hydrogen-bond acceptors (Lipinski definition) is 4. The first-order chi connectivity index (χ1) is 17.8. The number of ether oxygens (including phenoxy) is 1. The zero-order valence-electron chi connectivity index (χ0n) is 24.9. The topological polar surface area (TPSA) is 63.6 Å². The fourth-order valence-corrected chi connectivity index (χ4v) is 11.7. The summed E-state index contributed by atoms with van der Waals surface area (Å²) in [6.45, 7) is 18.5. The van der Waals surface area contributed by atoms with Gasteiger partial charge in [-0.25, -0.2) is 4.79 Å². The molecule has 0 bridgehead atoms. The van der Waals surface area contributed by atoms with E-state index in [1.54, 1.807) is 13.0 Å². The van der Waals surface area contributed by atoms with Crippen molar-refractivity contribution in [1.29, 1.82) is 0 Å². The maximum Gasteiger partial charge on any atom is 0.330 e. The van der Waals surface area contributed by atoms with Crippen molar-refractivity contribution in [2.45, 2.75) is 112 Å². The second kappa shape index (κ2) is 9.60. The summed E-state index contributed by atoms with van der Waals surface area (Å²) in [4.78, 5) is 25.9. The Morgan fingerprint density at radius 3 is 2.26 bits per heavy atom. The van der Waals surface area contributed by atoms with Crippen molar-refractivity contribution in [3.63, 3.8) is 0 Å². The molecule has 0 saturated heterocycles. The number of carbonyl (C=O) groups excluding carboxylic acids is 2. The van der Waals surface area contributed by atoms with Gasteiger partial charge in [0.25, 0.3) is 0 Å². The lowest BCUT2D eigenvalue weighted by atomic mass is 9.36. The summed E-state index contributed by atoms with van der Waals surface area (Å²) in [5.74, 6) is 2.85. The largest absolute Gasteiger partial charge is 0.463 e. The van der Waals surface area contributed by atoms with E-state index < -0.39 is 5.97 Å². The van der Waals surface area contributed by atoms with E-state index in [-0.39, 0.29) is 33.5 Å². The molecule has 5 aliphatic carbocycles. The number of aliphatic hydroxyl groups is 1. The first-order valence-corrected chi connectivity index (χ1v) is 15.6. The molecule has 38 heavy (non-hydrogen) atoms. The Balaban J connectivity index is 1.47. The molecule has 5 unspecified atom stereocenters. The molecule has 0 radical (unpaired) electrons. The third-order valence-electron chi connectivity index (χ3n) is 13.3. The van der Waals surface area contributed by atoms with Crippen LogP contribution in [0.2, 0.25) is 0 Å². The van der Waals surface area contributed by atoms with Crippen molar-refractivity contribution in [3.05, 3.63) is 24.3 Å². The zero-order valence-corrected chi connectivity index (χ0v) is 24.9. The van der Waals surface area contributed by atoms with Crippen LogP contribution in [0.5, 0.6) is 0 Å². The van der Waals surface area contributed by atoms with Crippen molar-refractivity contribution in [2.24, 2.45) is 57.2 Å². The van der Waals surface area contributed by atoms with Gasteiger partial charge in [0.2, 0.25) is 0 Å². The molecule has 5 fully saturated rings. The molecule has 0 aromatic heterocycles. The van der Waals surface area contributed by atoms with Gasteiger partial charge in [0.15, 0.2) is 5.78 Å². The van der Waals surface area contributed by atoms with E-state index >= 15 is 0 Å². The molecule has 0 spiro atoms. The van der Waals surface area contributed by atoms with Crippen LogP contribution in [-0.2, 0) is 14.3 Å². The van der Waals surface area contributed by atoms with E-state index in [9.17, 15) is 14.7 Å². The Labute approximate surface area is 231 Å². The maximum atomic E-state index is 13.9. The van der Waals surface area contributed by atoms with Crippen molar-refractivity contribution in [3.8, 4) is 0 Å². The molecule has 5 rings (SSSR count). The van der Waals surface area contributed by atoms with Crippen LogP contribution < -0.4 is 0 Å². The van der Waals surface area contributed by atoms with Gasteiger partial charge in [-0.2, -0.15) is 0 Å². The number of allylic oxidation sites excluding steroid dienone is 2. The highest BCUT2D eigenvalue weighted by Gasteiger charge is 2.67. The minimum Gasteiger partial charge on any atom is -0.463 e. The van der Waals surface area contributed by atoms with Gasteiger partial charge in [-0.15, -0.1) is 0 Å². The van der Waals surface area contributed by atoms with Gasteiger partial charge in [0.05, 0.1) is 12.7 Å². The van der Waals surface area contributed by atoms with Crippen LogP contribution in [0.1, 0.15) is 106 Å². The SMILES string of the molecule is C=C(C)[C@@H]1CC[C@]2(C(=O)/C=C/C(=O)OCC)CCC3C(CCC4[C@@]3(C)CCC3C(C)(C)[C@@H](O)CC[C@@]34C)C12. The highest BCUT2D eigenvalue weighted by molar-refractivity contribution is 5.99. The lowest BCUT2D eigenvalue weighted by Gasteiger charge is -2.69. The highest BCUT2D eigenvalue weighted by atomic mass is 16.5. The molecule has 0 aromatic rings. The maximum absolute atomic E-state index is 13.9. The molecule has 5 saturated carbocycles. The van der Waals surface area contributed by atoms with E-state index in [4.69, 9.17) is 4.74 Å². The van der Waals surface area contributed by atoms with Crippen LogP contribution in [0.3, 0.4) is 0 Å². The predicted octanol–water partition coefficient (Wildman–Crippen LogP) is 7.30. The van der Waals surface area contributed by atoms with Gasteiger partial charge >= 0.3 is 5.97 Å². The van der Waals surface area contributed by atoms with Crippen LogP contribution in [0.15, 0.2) is 24.3 Å². The van der Waals surface area contributed by atoms with Crippen LogP contribution in [0.25, 0.3) is 0 Å². The average molecular weight is 525 g/mol. The van der Waals surface area contributed by atoms with E-state index in [0.717, 1.165) is 38.5 Å². The summed E-state index contributed by atoms with van der Waals surface area (Å²) >= 11 is 0. The summed E-state index contributed by atoms with van der Waals surface area (Å²) < 4.78 is 5.07. The van der Waals surface area contributed by atoms with Crippen LogP contribution in [0.4, 0.5) is 0 Å². The Kier molecular flexibility index (Phi) is 7.10. The number of carbonyl (C=O) groups is 2. The molecule has 0 aliphatic heterocycles. The van der Waals surface area contributed by atoms with E-state index in [0.29, 0.717) is 42.1 Å². The summed E-state index contributed by atoms with van der Waals surface area (Å²) in [7, 11) is 0. The fourth-order valence-electron chi connectivity index (χ4n) is 11.7. The first-order valence-electron chi connectivity index (χ1n) is 15.6. The third kappa shape index (κ3) is 3.93. The molecule has 0 heterocycles. The molecule has 0 amide bonds. The second-order valence-electron chi connectivity index (χ2n) is 15.0. The minimum atomic E-state index is -0.421. The molecule has 0 aromatic carbocycles. The quantitative estimate of drug-likeness (QED) is 0.233. The smallest absolute Gasteiger partial charge is 0.330 e. The first kappa shape index (κ1) is 28.1. The van der Waals surface area contributed by atoms with Crippen molar-refractivity contribution in [1.82, 2.24) is 0 Å². The van der Waals surface area contributed by atoms with Gasteiger partial charge in [0, 0.05) is 11.5 Å². The van der Waals surface area contributed by atoms with E-state index in [1.165, 1.54) is 37.3 Å². The molecule has 212 valence electrons. The Morgan fingerprint density at radius 1 is 0.895 bits per heavy atom. The number of aliphatic hydroxyl groups excluding tert-OH is 1. The van der Waals surface area contributed by atoms with Crippen LogP contribution >= 0.6 is 0 Å². The second-order valence-corrected chi connectivity index (χ2v) is 15.0. The summed E-state index contributed by atoms with van der Waals surface area (Å²) in [5, 5.41) is 10.9. The van der Waals surface area contributed by atoms with Crippen molar-refractivity contribution < 1.29 is 19.4 Å². The molecule has 4 nitrogen and oxygen atoms in total. The molecule has 10 atom stereocenters. The highest BCUT2D eigenvalue weighted by Crippen LogP contribution is 2.73. The molecule has 1 N–H and O–H groups in total. The van der Waals surface area contributed by atoms with Crippen molar-refractivity contribution in [2.75, 3.05) is 6.61 Å². The van der Waals surface area contributed by atoms with Crippen LogP contribution in [-0.4, -0.2) is 29.6 Å². The number of fused-ring (bicyclic) bond motifs is 7.